The highest BCUT2D eigenvalue weighted by Crippen LogP contribution is 2.53. The first kappa shape index (κ1) is 25.7. The zero-order valence-corrected chi connectivity index (χ0v) is 21.2. The Kier molecular flexibility index (Phi) is 6.14. The number of aliphatic hydroxyl groups is 3. The number of nitrogens with two attached hydrogens (primary N) is 1. The van der Waals surface area contributed by atoms with Crippen LogP contribution in [-0.4, -0.2) is 48.5 Å². The minimum atomic E-state index is -2.57. The molecule has 6 N–H and O–H groups in total. The highest BCUT2D eigenvalue weighted by Gasteiger charge is 2.60. The molecule has 0 bridgehead atoms. The van der Waals surface area contributed by atoms with Crippen molar-refractivity contribution in [3.63, 3.8) is 0 Å². The van der Waals surface area contributed by atoms with Gasteiger partial charge in [-0.05, 0) is 66.3 Å². The number of amides is 1. The maximum atomic E-state index is 13.7. The summed E-state index contributed by atoms with van der Waals surface area (Å²) in [6.07, 6.45) is 2.76. The number of nitrogens with zero attached hydrogens (tertiary/aromatic N) is 1. The molecule has 38 heavy (non-hydrogen) atoms. The zero-order chi connectivity index (χ0) is 27.5. The number of primary amides is 1. The van der Waals surface area contributed by atoms with Crippen molar-refractivity contribution in [2.75, 3.05) is 0 Å². The van der Waals surface area contributed by atoms with Gasteiger partial charge >= 0.3 is 0 Å². The molecule has 3 aliphatic carbocycles. The number of hydrogen-bond acceptors (Lipinski definition) is 8. The van der Waals surface area contributed by atoms with E-state index in [0.717, 1.165) is 11.3 Å². The van der Waals surface area contributed by atoms with Crippen molar-refractivity contribution in [3.05, 3.63) is 75.3 Å². The lowest BCUT2D eigenvalue weighted by molar-refractivity contribution is -0.147. The first-order chi connectivity index (χ1) is 18.0. The van der Waals surface area contributed by atoms with Crippen molar-refractivity contribution in [2.24, 2.45) is 17.6 Å². The molecule has 0 saturated heterocycles. The molecule has 2 aromatic rings. The molecule has 0 spiro atoms. The number of pyridine rings is 1. The summed E-state index contributed by atoms with van der Waals surface area (Å²) in [5.41, 5.74) is 4.96. The van der Waals surface area contributed by atoms with Crippen LogP contribution in [0.3, 0.4) is 0 Å². The molecular weight excluding hydrogens is 488 g/mol. The van der Waals surface area contributed by atoms with Gasteiger partial charge in [-0.15, -0.1) is 0 Å². The average Bonchev–Trinajstić information content (AvgIpc) is 2.86. The highest BCUT2D eigenvalue weighted by molar-refractivity contribution is 6.22. The van der Waals surface area contributed by atoms with E-state index in [0.29, 0.717) is 30.4 Å². The molecule has 1 aromatic carbocycles. The van der Waals surface area contributed by atoms with E-state index in [2.05, 4.69) is 4.98 Å². The van der Waals surface area contributed by atoms with Gasteiger partial charge in [0.25, 0.3) is 5.91 Å². The van der Waals surface area contributed by atoms with E-state index in [1.165, 1.54) is 0 Å². The minimum Gasteiger partial charge on any atom is -0.508 e. The second-order valence-electron chi connectivity index (χ2n) is 10.7. The van der Waals surface area contributed by atoms with Gasteiger partial charge in [0, 0.05) is 29.8 Å². The molecule has 5 rings (SSSR count). The number of fused-ring (bicyclic) bond motifs is 3. The molecule has 0 radical (unpaired) electrons. The normalized spacial score (nSPS) is 24.8. The number of aromatic hydroxyl groups is 1. The third kappa shape index (κ3) is 3.72. The van der Waals surface area contributed by atoms with E-state index in [-0.39, 0.29) is 35.6 Å². The van der Waals surface area contributed by atoms with Crippen molar-refractivity contribution >= 4 is 23.2 Å². The Labute approximate surface area is 219 Å². The van der Waals surface area contributed by atoms with Gasteiger partial charge in [-0.2, -0.15) is 0 Å². The fraction of sp³-hybridized carbons (Fsp3) is 0.379. The van der Waals surface area contributed by atoms with Crippen LogP contribution in [0.5, 0.6) is 5.75 Å². The zero-order valence-electron chi connectivity index (χ0n) is 21.2. The summed E-state index contributed by atoms with van der Waals surface area (Å²) in [7, 11) is 0. The van der Waals surface area contributed by atoms with Gasteiger partial charge < -0.3 is 26.2 Å². The van der Waals surface area contributed by atoms with E-state index in [9.17, 15) is 34.8 Å². The van der Waals surface area contributed by atoms with Crippen LogP contribution in [-0.2, 0) is 33.6 Å². The second kappa shape index (κ2) is 9.09. The minimum absolute atomic E-state index is 0.0462. The Bertz CT molecular complexity index is 1440. The molecule has 9 nitrogen and oxygen atoms in total. The lowest BCUT2D eigenvalue weighted by Gasteiger charge is -2.46. The van der Waals surface area contributed by atoms with Gasteiger partial charge in [0.2, 0.25) is 5.78 Å². The van der Waals surface area contributed by atoms with Crippen LogP contribution in [0, 0.1) is 11.8 Å². The molecule has 3 aliphatic rings. The molecular formula is C29H30N2O7. The largest absolute Gasteiger partial charge is 0.508 e. The van der Waals surface area contributed by atoms with Gasteiger partial charge in [-0.25, -0.2) is 0 Å². The van der Waals surface area contributed by atoms with Crippen LogP contribution in [0.4, 0.5) is 0 Å². The predicted octanol–water partition coefficient (Wildman–Crippen LogP) is 2.73. The third-order valence-electron chi connectivity index (χ3n) is 8.18. The quantitative estimate of drug-likeness (QED) is 0.376. The number of ketones is 2. The van der Waals surface area contributed by atoms with Gasteiger partial charge in [-0.1, -0.05) is 26.0 Å². The van der Waals surface area contributed by atoms with Crippen molar-refractivity contribution in [2.45, 2.75) is 57.5 Å². The number of carbonyl (C=O) groups excluding carboxylic acids is 3. The maximum absolute atomic E-state index is 13.7. The molecule has 0 unspecified atom stereocenters. The number of benzene rings is 1. The number of carbonyl (C=O) groups is 3. The molecule has 9 heteroatoms. The summed E-state index contributed by atoms with van der Waals surface area (Å²) in [6, 6.07) is 7.51. The van der Waals surface area contributed by atoms with Crippen LogP contribution < -0.4 is 5.73 Å². The van der Waals surface area contributed by atoms with Crippen molar-refractivity contribution in [1.29, 1.82) is 0 Å². The number of aliphatic hydroxyl groups excluding tert-OH is 2. The summed E-state index contributed by atoms with van der Waals surface area (Å²) >= 11 is 0. The van der Waals surface area contributed by atoms with E-state index >= 15 is 0 Å². The molecule has 1 amide bonds. The van der Waals surface area contributed by atoms with Crippen molar-refractivity contribution < 1.29 is 34.8 Å². The SMILES string of the molecule is CC(C)c1cc(CCc2ccccn2)c(O)c2c1C[C@H]1C[C@H]3CC(=O)C(C(N)=O)=C(O)[C@@]3(O)C(=O)C1=C2O. The Morgan fingerprint density at radius 1 is 1.16 bits per heavy atom. The topological polar surface area (TPSA) is 171 Å². The number of Topliss-reactive ketones (excluding diaryl/α,β-unsaturated/α-hetero) is 2. The van der Waals surface area contributed by atoms with Crippen molar-refractivity contribution in [3.8, 4) is 5.75 Å². The van der Waals surface area contributed by atoms with E-state index in [4.69, 9.17) is 5.73 Å². The molecule has 1 aromatic heterocycles. The number of rotatable bonds is 5. The third-order valence-corrected chi connectivity index (χ3v) is 8.18. The van der Waals surface area contributed by atoms with E-state index in [1.807, 2.05) is 38.1 Å². The number of phenols is 1. The second-order valence-corrected chi connectivity index (χ2v) is 10.7. The van der Waals surface area contributed by atoms with E-state index < -0.39 is 52.0 Å². The van der Waals surface area contributed by atoms with Crippen molar-refractivity contribution in [1.82, 2.24) is 4.98 Å². The highest BCUT2D eigenvalue weighted by atomic mass is 16.3. The summed E-state index contributed by atoms with van der Waals surface area (Å²) in [5, 5.41) is 44.9. The standard InChI is InChI=1S/C29H30N2O7/c1-13(2)18-10-14(6-7-17-5-3-4-8-31-17)24(33)22-19(18)11-15-9-16-12-20(32)23(28(30)37)27(36)29(16,38)26(35)21(15)25(22)34/h3-5,8,10,13,15-16,33-34,36,38H,6-7,9,11-12H2,1-2H3,(H2,30,37)/t15-,16+,29+/m1/s1. The van der Waals surface area contributed by atoms with E-state index in [1.54, 1.807) is 6.20 Å². The van der Waals surface area contributed by atoms with Crippen LogP contribution >= 0.6 is 0 Å². The number of aromatic nitrogens is 1. The Hall–Kier alpha value is -3.98. The number of hydrogen-bond donors (Lipinski definition) is 5. The number of aryl methyl sites for hydroxylation is 2. The van der Waals surface area contributed by atoms with Gasteiger partial charge in [0.1, 0.15) is 22.8 Å². The Balaban J connectivity index is 1.64. The molecule has 3 atom stereocenters. The van der Waals surface area contributed by atoms with Gasteiger partial charge in [0.15, 0.2) is 11.4 Å². The molecule has 1 heterocycles. The molecule has 198 valence electrons. The molecule has 1 saturated carbocycles. The fourth-order valence-electron chi connectivity index (χ4n) is 6.29. The maximum Gasteiger partial charge on any atom is 0.255 e. The summed E-state index contributed by atoms with van der Waals surface area (Å²) in [6.45, 7) is 4.01. The van der Waals surface area contributed by atoms with Crippen LogP contribution in [0.2, 0.25) is 0 Å². The monoisotopic (exact) mass is 518 g/mol. The molecule has 0 aliphatic heterocycles. The summed E-state index contributed by atoms with van der Waals surface area (Å²) in [4.78, 5) is 42.4. The average molecular weight is 519 g/mol. The fourth-order valence-corrected chi connectivity index (χ4v) is 6.29. The van der Waals surface area contributed by atoms with Gasteiger partial charge in [-0.3, -0.25) is 19.4 Å². The first-order valence-electron chi connectivity index (χ1n) is 12.7. The Morgan fingerprint density at radius 2 is 1.89 bits per heavy atom. The lowest BCUT2D eigenvalue weighted by Crippen LogP contribution is -2.58. The molecule has 1 fully saturated rings. The predicted molar refractivity (Wildman–Crippen MR) is 137 cm³/mol. The van der Waals surface area contributed by atoms with Gasteiger partial charge in [0.05, 0.1) is 5.56 Å². The van der Waals surface area contributed by atoms with Crippen LogP contribution in [0.15, 0.2) is 47.4 Å². The summed E-state index contributed by atoms with van der Waals surface area (Å²) in [5.74, 6) is -6.13. The lowest BCUT2D eigenvalue weighted by atomic mass is 9.59. The first-order valence-corrected chi connectivity index (χ1v) is 12.7. The van der Waals surface area contributed by atoms with Crippen LogP contribution in [0.1, 0.15) is 60.6 Å². The van der Waals surface area contributed by atoms with Crippen LogP contribution in [0.25, 0.3) is 5.76 Å². The summed E-state index contributed by atoms with van der Waals surface area (Å²) < 4.78 is 0. The smallest absolute Gasteiger partial charge is 0.255 e. The number of phenolic OH excluding ortho intramolecular Hbond substituents is 1. The Morgan fingerprint density at radius 3 is 2.53 bits per heavy atom.